The lowest BCUT2D eigenvalue weighted by Crippen LogP contribution is -2.24. The molecule has 1 aromatic rings. The van der Waals surface area contributed by atoms with Gasteiger partial charge in [0.2, 0.25) is 0 Å². The van der Waals surface area contributed by atoms with Crippen molar-refractivity contribution in [2.45, 2.75) is 32.8 Å². The number of allylic oxidation sites excluding steroid dienone is 2. The second-order valence-corrected chi connectivity index (χ2v) is 4.50. The summed E-state index contributed by atoms with van der Waals surface area (Å²) in [5.41, 5.74) is 0.629. The SMILES string of the molecule is CC(C)=CC(=O)CC(C)(O)c1ccccc1. The molecule has 86 valence electrons. The molecule has 1 rings (SSSR count). The maximum absolute atomic E-state index is 11.6. The number of ketones is 1. The van der Waals surface area contributed by atoms with Gasteiger partial charge in [-0.05, 0) is 32.4 Å². The van der Waals surface area contributed by atoms with Crippen molar-refractivity contribution < 1.29 is 9.90 Å². The highest BCUT2D eigenvalue weighted by Gasteiger charge is 2.25. The molecule has 0 aromatic heterocycles. The molecular formula is C14H18O2. The number of carbonyl (C=O) groups excluding carboxylic acids is 1. The normalized spacial score (nSPS) is 14.0. The first-order valence-electron chi connectivity index (χ1n) is 5.37. The molecular weight excluding hydrogens is 200 g/mol. The summed E-state index contributed by atoms with van der Waals surface area (Å²) >= 11 is 0. The van der Waals surface area contributed by atoms with Gasteiger partial charge in [0.1, 0.15) is 0 Å². The number of hydrogen-bond donors (Lipinski definition) is 1. The molecule has 0 fully saturated rings. The van der Waals surface area contributed by atoms with E-state index in [-0.39, 0.29) is 12.2 Å². The quantitative estimate of drug-likeness (QED) is 0.789. The Bertz CT molecular complexity index is 384. The van der Waals surface area contributed by atoms with E-state index in [0.717, 1.165) is 11.1 Å². The van der Waals surface area contributed by atoms with Crippen LogP contribution in [0.4, 0.5) is 0 Å². The van der Waals surface area contributed by atoms with Gasteiger partial charge in [0.05, 0.1) is 5.60 Å². The Morgan fingerprint density at radius 3 is 2.38 bits per heavy atom. The molecule has 0 aliphatic rings. The smallest absolute Gasteiger partial charge is 0.158 e. The van der Waals surface area contributed by atoms with Crippen molar-refractivity contribution in [2.24, 2.45) is 0 Å². The van der Waals surface area contributed by atoms with Crippen LogP contribution < -0.4 is 0 Å². The largest absolute Gasteiger partial charge is 0.385 e. The van der Waals surface area contributed by atoms with Crippen LogP contribution in [0.1, 0.15) is 32.8 Å². The third kappa shape index (κ3) is 3.63. The van der Waals surface area contributed by atoms with Gasteiger partial charge in [0.15, 0.2) is 5.78 Å². The van der Waals surface area contributed by atoms with Crippen molar-refractivity contribution >= 4 is 5.78 Å². The molecule has 0 aliphatic heterocycles. The summed E-state index contributed by atoms with van der Waals surface area (Å²) in [4.78, 5) is 11.6. The minimum absolute atomic E-state index is 0.0474. The first kappa shape index (κ1) is 12.7. The molecule has 2 heteroatoms. The van der Waals surface area contributed by atoms with Gasteiger partial charge in [-0.25, -0.2) is 0 Å². The van der Waals surface area contributed by atoms with Crippen molar-refractivity contribution in [3.63, 3.8) is 0 Å². The molecule has 1 N–H and O–H groups in total. The summed E-state index contributed by atoms with van der Waals surface area (Å²) in [6, 6.07) is 9.26. The van der Waals surface area contributed by atoms with Crippen molar-refractivity contribution in [1.29, 1.82) is 0 Å². The Morgan fingerprint density at radius 2 is 1.88 bits per heavy atom. The van der Waals surface area contributed by atoms with Crippen molar-refractivity contribution in [1.82, 2.24) is 0 Å². The molecule has 2 nitrogen and oxygen atoms in total. The average Bonchev–Trinajstić information content (AvgIpc) is 2.16. The summed E-state index contributed by atoms with van der Waals surface area (Å²) in [7, 11) is 0. The Labute approximate surface area is 96.6 Å². The van der Waals surface area contributed by atoms with Gasteiger partial charge in [-0.1, -0.05) is 35.9 Å². The van der Waals surface area contributed by atoms with Crippen LogP contribution in [0, 0.1) is 0 Å². The first-order valence-corrected chi connectivity index (χ1v) is 5.37. The fourth-order valence-corrected chi connectivity index (χ4v) is 1.61. The van der Waals surface area contributed by atoms with Crippen LogP contribution in [0.5, 0.6) is 0 Å². The van der Waals surface area contributed by atoms with Crippen LogP contribution in [0.3, 0.4) is 0 Å². The maximum Gasteiger partial charge on any atom is 0.158 e. The lowest BCUT2D eigenvalue weighted by molar-refractivity contribution is -0.119. The Morgan fingerprint density at radius 1 is 1.31 bits per heavy atom. The van der Waals surface area contributed by atoms with Crippen LogP contribution in [-0.4, -0.2) is 10.9 Å². The number of carbonyl (C=O) groups is 1. The van der Waals surface area contributed by atoms with Gasteiger partial charge in [-0.15, -0.1) is 0 Å². The van der Waals surface area contributed by atoms with Gasteiger partial charge >= 0.3 is 0 Å². The van der Waals surface area contributed by atoms with Crippen LogP contribution in [-0.2, 0) is 10.4 Å². The lowest BCUT2D eigenvalue weighted by Gasteiger charge is -2.22. The molecule has 0 amide bonds. The van der Waals surface area contributed by atoms with E-state index >= 15 is 0 Å². The number of hydrogen-bond acceptors (Lipinski definition) is 2. The predicted octanol–water partition coefficient (Wildman–Crippen LogP) is 2.82. The summed E-state index contributed by atoms with van der Waals surface area (Å²) in [5.74, 6) is -0.0474. The monoisotopic (exact) mass is 218 g/mol. The summed E-state index contributed by atoms with van der Waals surface area (Å²) in [5, 5.41) is 10.2. The minimum Gasteiger partial charge on any atom is -0.385 e. The van der Waals surface area contributed by atoms with E-state index in [4.69, 9.17) is 0 Å². The molecule has 1 atom stereocenters. The van der Waals surface area contributed by atoms with E-state index in [1.54, 1.807) is 13.0 Å². The summed E-state index contributed by atoms with van der Waals surface area (Å²) < 4.78 is 0. The van der Waals surface area contributed by atoms with Crippen molar-refractivity contribution in [3.05, 3.63) is 47.5 Å². The highest BCUT2D eigenvalue weighted by atomic mass is 16.3. The van der Waals surface area contributed by atoms with Gasteiger partial charge in [0.25, 0.3) is 0 Å². The molecule has 1 aromatic carbocycles. The highest BCUT2D eigenvalue weighted by molar-refractivity contribution is 5.91. The second-order valence-electron chi connectivity index (χ2n) is 4.50. The summed E-state index contributed by atoms with van der Waals surface area (Å²) in [6.45, 7) is 5.41. The molecule has 16 heavy (non-hydrogen) atoms. The van der Waals surface area contributed by atoms with E-state index < -0.39 is 5.60 Å². The minimum atomic E-state index is -1.09. The van der Waals surface area contributed by atoms with E-state index in [2.05, 4.69) is 0 Å². The third-order valence-corrected chi connectivity index (χ3v) is 2.36. The maximum atomic E-state index is 11.6. The van der Waals surface area contributed by atoms with Gasteiger partial charge < -0.3 is 5.11 Å². The zero-order valence-electron chi connectivity index (χ0n) is 10.0. The van der Waals surface area contributed by atoms with Gasteiger partial charge in [0, 0.05) is 6.42 Å². The van der Waals surface area contributed by atoms with Gasteiger partial charge in [-0.2, -0.15) is 0 Å². The molecule has 0 aliphatic carbocycles. The van der Waals surface area contributed by atoms with E-state index in [9.17, 15) is 9.90 Å². The van der Waals surface area contributed by atoms with Crippen LogP contribution in [0.25, 0.3) is 0 Å². The zero-order valence-corrected chi connectivity index (χ0v) is 10.0. The average molecular weight is 218 g/mol. The lowest BCUT2D eigenvalue weighted by atomic mass is 9.90. The van der Waals surface area contributed by atoms with Crippen molar-refractivity contribution in [2.75, 3.05) is 0 Å². The highest BCUT2D eigenvalue weighted by Crippen LogP contribution is 2.24. The van der Waals surface area contributed by atoms with E-state index in [1.807, 2.05) is 44.2 Å². The molecule has 0 bridgehead atoms. The molecule has 0 radical (unpaired) electrons. The second kappa shape index (κ2) is 5.08. The Balaban J connectivity index is 2.80. The summed E-state index contributed by atoms with van der Waals surface area (Å²) in [6.07, 6.45) is 1.68. The number of benzene rings is 1. The van der Waals surface area contributed by atoms with Gasteiger partial charge in [-0.3, -0.25) is 4.79 Å². The number of rotatable bonds is 4. The third-order valence-electron chi connectivity index (χ3n) is 2.36. The van der Waals surface area contributed by atoms with Crippen LogP contribution >= 0.6 is 0 Å². The van der Waals surface area contributed by atoms with Crippen molar-refractivity contribution in [3.8, 4) is 0 Å². The predicted molar refractivity (Wildman–Crippen MR) is 65.1 cm³/mol. The van der Waals surface area contributed by atoms with Crippen LogP contribution in [0.15, 0.2) is 42.0 Å². The van der Waals surface area contributed by atoms with E-state index in [1.165, 1.54) is 0 Å². The van der Waals surface area contributed by atoms with Crippen LogP contribution in [0.2, 0.25) is 0 Å². The molecule has 0 spiro atoms. The standard InChI is InChI=1S/C14H18O2/c1-11(2)9-13(15)10-14(3,16)12-7-5-4-6-8-12/h4-9,16H,10H2,1-3H3. The van der Waals surface area contributed by atoms with E-state index in [0.29, 0.717) is 0 Å². The topological polar surface area (TPSA) is 37.3 Å². The Kier molecular flexibility index (Phi) is 4.02. The Hall–Kier alpha value is -1.41. The molecule has 1 unspecified atom stereocenters. The molecule has 0 heterocycles. The first-order chi connectivity index (χ1) is 7.42. The molecule has 0 saturated heterocycles. The number of aliphatic hydroxyl groups is 1. The zero-order chi connectivity index (χ0) is 12.2. The molecule has 0 saturated carbocycles. The fourth-order valence-electron chi connectivity index (χ4n) is 1.61. The fraction of sp³-hybridized carbons (Fsp3) is 0.357.